The van der Waals surface area contributed by atoms with Crippen LogP contribution in [0.15, 0.2) is 0 Å². The fraction of sp³-hybridized carbons (Fsp3) is 0.786. The van der Waals surface area contributed by atoms with Crippen molar-refractivity contribution in [1.82, 2.24) is 5.06 Å². The molecule has 0 spiro atoms. The molecule has 0 aromatic heterocycles. The van der Waals surface area contributed by atoms with Gasteiger partial charge in [0, 0.05) is 24.0 Å². The van der Waals surface area contributed by atoms with Crippen molar-refractivity contribution in [2.75, 3.05) is 6.26 Å². The van der Waals surface area contributed by atoms with Crippen LogP contribution in [-0.4, -0.2) is 34.4 Å². The van der Waals surface area contributed by atoms with Gasteiger partial charge < -0.3 is 4.84 Å². The highest BCUT2D eigenvalue weighted by Crippen LogP contribution is 2.20. The van der Waals surface area contributed by atoms with Crippen LogP contribution in [0.25, 0.3) is 0 Å². The summed E-state index contributed by atoms with van der Waals surface area (Å²) >= 11 is 1.66. The molecule has 5 nitrogen and oxygen atoms in total. The Kier molecular flexibility index (Phi) is 9.29. The maximum absolute atomic E-state index is 11.5. The van der Waals surface area contributed by atoms with Crippen LogP contribution in [0.2, 0.25) is 0 Å². The third-order valence-corrected chi connectivity index (χ3v) is 3.72. The van der Waals surface area contributed by atoms with Gasteiger partial charge in [0.1, 0.15) is 0 Å². The average Bonchev–Trinajstić information content (AvgIpc) is 2.63. The van der Waals surface area contributed by atoms with E-state index in [4.69, 9.17) is 4.84 Å². The third kappa shape index (κ3) is 6.41. The molecule has 2 atom stereocenters. The minimum absolute atomic E-state index is 0.118. The second-order valence-electron chi connectivity index (χ2n) is 4.89. The highest BCUT2D eigenvalue weighted by Gasteiger charge is 2.38. The number of nitrogens with zero attached hydrogens (tertiary/aromatic N) is 1. The van der Waals surface area contributed by atoms with Crippen LogP contribution in [0.5, 0.6) is 0 Å². The second-order valence-corrected chi connectivity index (χ2v) is 6.16. The highest BCUT2D eigenvalue weighted by molar-refractivity contribution is 7.99. The van der Waals surface area contributed by atoms with Crippen molar-refractivity contribution in [2.24, 2.45) is 5.92 Å². The monoisotopic (exact) mass is 303 g/mol. The predicted molar refractivity (Wildman–Crippen MR) is 79.9 cm³/mol. The van der Waals surface area contributed by atoms with Gasteiger partial charge in [-0.1, -0.05) is 34.1 Å². The summed E-state index contributed by atoms with van der Waals surface area (Å²) in [5.41, 5.74) is 0. The van der Waals surface area contributed by atoms with Crippen molar-refractivity contribution < 1.29 is 19.2 Å². The first kappa shape index (κ1) is 19.0. The SMILES string of the molecule is CCC.CSC(C)CCC(=O)ON1C(=O)CC(C)C1=O. The van der Waals surface area contributed by atoms with E-state index in [1.54, 1.807) is 18.7 Å². The van der Waals surface area contributed by atoms with E-state index in [0.717, 1.165) is 0 Å². The molecule has 0 aliphatic carbocycles. The third-order valence-electron chi connectivity index (χ3n) is 2.68. The molecule has 1 fully saturated rings. The lowest BCUT2D eigenvalue weighted by atomic mass is 10.1. The largest absolute Gasteiger partial charge is 0.333 e. The molecule has 1 heterocycles. The number of carbonyl (C=O) groups is 3. The standard InChI is InChI=1S/C11H17NO4S.C3H8/c1-7-6-9(13)12(11(7)15)16-10(14)5-4-8(2)17-3;1-3-2/h7-8H,4-6H2,1-3H3;3H2,1-2H3. The number of imide groups is 1. The van der Waals surface area contributed by atoms with Crippen LogP contribution >= 0.6 is 11.8 Å². The Morgan fingerprint density at radius 2 is 2.00 bits per heavy atom. The molecule has 2 unspecified atom stereocenters. The molecule has 1 aliphatic heterocycles. The number of hydrogen-bond donors (Lipinski definition) is 0. The van der Waals surface area contributed by atoms with Gasteiger partial charge in [-0.05, 0) is 12.7 Å². The summed E-state index contributed by atoms with van der Waals surface area (Å²) in [4.78, 5) is 39.0. The molecule has 0 aromatic carbocycles. The van der Waals surface area contributed by atoms with E-state index in [9.17, 15) is 14.4 Å². The van der Waals surface area contributed by atoms with Crippen LogP contribution in [0.1, 0.15) is 53.4 Å². The van der Waals surface area contributed by atoms with Gasteiger partial charge in [-0.25, -0.2) is 4.79 Å². The molecular weight excluding hydrogens is 278 g/mol. The molecule has 6 heteroatoms. The van der Waals surface area contributed by atoms with E-state index in [0.29, 0.717) is 16.7 Å². The van der Waals surface area contributed by atoms with Gasteiger partial charge in [0.2, 0.25) is 0 Å². The molecule has 1 aliphatic rings. The second kappa shape index (κ2) is 9.80. The van der Waals surface area contributed by atoms with Crippen LogP contribution in [0.3, 0.4) is 0 Å². The van der Waals surface area contributed by atoms with E-state index in [2.05, 4.69) is 13.8 Å². The topological polar surface area (TPSA) is 63.7 Å². The number of hydroxylamine groups is 2. The quantitative estimate of drug-likeness (QED) is 0.731. The highest BCUT2D eigenvalue weighted by atomic mass is 32.2. The molecule has 0 N–H and O–H groups in total. The fourth-order valence-electron chi connectivity index (χ4n) is 1.44. The van der Waals surface area contributed by atoms with Crippen LogP contribution < -0.4 is 0 Å². The van der Waals surface area contributed by atoms with Crippen molar-refractivity contribution in [3.8, 4) is 0 Å². The van der Waals surface area contributed by atoms with Gasteiger partial charge in [0.05, 0.1) is 0 Å². The molecule has 0 radical (unpaired) electrons. The zero-order valence-corrected chi connectivity index (χ0v) is 13.8. The maximum atomic E-state index is 11.5. The Bertz CT molecular complexity index is 346. The van der Waals surface area contributed by atoms with Crippen molar-refractivity contribution in [3.63, 3.8) is 0 Å². The Labute approximate surface area is 125 Å². The summed E-state index contributed by atoms with van der Waals surface area (Å²) in [6, 6.07) is 0. The molecule has 1 saturated heterocycles. The zero-order valence-electron chi connectivity index (χ0n) is 13.0. The molecule has 0 bridgehead atoms. The molecular formula is C14H25NO4S. The number of carbonyl (C=O) groups excluding carboxylic acids is 3. The molecule has 116 valence electrons. The first-order valence-electron chi connectivity index (χ1n) is 6.97. The summed E-state index contributed by atoms with van der Waals surface area (Å²) in [5, 5.41) is 0.961. The van der Waals surface area contributed by atoms with Crippen LogP contribution in [0.4, 0.5) is 0 Å². The van der Waals surface area contributed by atoms with Gasteiger partial charge in [0.25, 0.3) is 11.8 Å². The molecule has 2 amide bonds. The summed E-state index contributed by atoms with van der Waals surface area (Å²) in [7, 11) is 0. The Hall–Kier alpha value is -1.04. The maximum Gasteiger partial charge on any atom is 0.333 e. The summed E-state index contributed by atoms with van der Waals surface area (Å²) < 4.78 is 0. The van der Waals surface area contributed by atoms with Gasteiger partial charge in [-0.3, -0.25) is 9.59 Å². The minimum atomic E-state index is -0.526. The first-order valence-corrected chi connectivity index (χ1v) is 8.26. The van der Waals surface area contributed by atoms with Gasteiger partial charge in [-0.2, -0.15) is 11.8 Å². The Morgan fingerprint density at radius 1 is 1.45 bits per heavy atom. The van der Waals surface area contributed by atoms with Gasteiger partial charge in [-0.15, -0.1) is 5.06 Å². The fourth-order valence-corrected chi connectivity index (χ4v) is 1.79. The predicted octanol–water partition coefficient (Wildman–Crippen LogP) is 2.79. The van der Waals surface area contributed by atoms with E-state index >= 15 is 0 Å². The summed E-state index contributed by atoms with van der Waals surface area (Å²) in [6.45, 7) is 7.90. The van der Waals surface area contributed by atoms with E-state index in [1.807, 2.05) is 13.2 Å². The van der Waals surface area contributed by atoms with Crippen molar-refractivity contribution in [3.05, 3.63) is 0 Å². The average molecular weight is 303 g/mol. The molecule has 20 heavy (non-hydrogen) atoms. The summed E-state index contributed by atoms with van der Waals surface area (Å²) in [5.74, 6) is -1.78. The lowest BCUT2D eigenvalue weighted by Crippen LogP contribution is -2.33. The van der Waals surface area contributed by atoms with Crippen molar-refractivity contribution in [1.29, 1.82) is 0 Å². The van der Waals surface area contributed by atoms with Crippen LogP contribution in [0, 0.1) is 5.92 Å². The number of rotatable bonds is 5. The Balaban J connectivity index is 0.00000110. The van der Waals surface area contributed by atoms with E-state index in [1.165, 1.54) is 6.42 Å². The number of thioether (sulfide) groups is 1. The van der Waals surface area contributed by atoms with Crippen molar-refractivity contribution in [2.45, 2.75) is 58.6 Å². The van der Waals surface area contributed by atoms with E-state index < -0.39 is 17.8 Å². The van der Waals surface area contributed by atoms with Crippen molar-refractivity contribution >= 4 is 29.5 Å². The smallest absolute Gasteiger partial charge is 0.330 e. The Morgan fingerprint density at radius 3 is 2.40 bits per heavy atom. The molecule has 0 aromatic rings. The normalized spacial score (nSPS) is 19.4. The lowest BCUT2D eigenvalue weighted by Gasteiger charge is -2.13. The van der Waals surface area contributed by atoms with Gasteiger partial charge >= 0.3 is 5.97 Å². The molecule has 0 saturated carbocycles. The number of hydrogen-bond acceptors (Lipinski definition) is 5. The lowest BCUT2D eigenvalue weighted by molar-refractivity contribution is -0.198. The zero-order chi connectivity index (χ0) is 15.7. The summed E-state index contributed by atoms with van der Waals surface area (Å²) in [6.07, 6.45) is 4.22. The minimum Gasteiger partial charge on any atom is -0.330 e. The molecule has 1 rings (SSSR count). The number of amides is 2. The first-order chi connectivity index (χ1) is 9.37. The van der Waals surface area contributed by atoms with E-state index in [-0.39, 0.29) is 18.8 Å². The van der Waals surface area contributed by atoms with Gasteiger partial charge in [0.15, 0.2) is 0 Å². The van der Waals surface area contributed by atoms with Crippen LogP contribution in [-0.2, 0) is 19.2 Å².